The summed E-state index contributed by atoms with van der Waals surface area (Å²) in [6.07, 6.45) is 0.729. The number of aromatic nitrogens is 4. The summed E-state index contributed by atoms with van der Waals surface area (Å²) in [5, 5.41) is 11.5. The third-order valence-electron chi connectivity index (χ3n) is 2.28. The first-order chi connectivity index (χ1) is 8.22. The minimum atomic E-state index is -0.443. The minimum Gasteiger partial charge on any atom is -0.330 e. The molecule has 0 saturated heterocycles. The van der Waals surface area contributed by atoms with Crippen molar-refractivity contribution < 1.29 is 4.39 Å². The standard InChI is InChI=1S/C10H11ClFN5/c11-7-2-3-8(9(12)6-7)10-14-15-16-17(10)5-1-4-13/h2-3,6H,1,4-5,13H2. The van der Waals surface area contributed by atoms with Crippen LogP contribution in [0.2, 0.25) is 5.02 Å². The van der Waals surface area contributed by atoms with Crippen LogP contribution >= 0.6 is 11.6 Å². The molecule has 2 aromatic rings. The first kappa shape index (κ1) is 11.9. The van der Waals surface area contributed by atoms with E-state index < -0.39 is 5.82 Å². The largest absolute Gasteiger partial charge is 0.330 e. The van der Waals surface area contributed by atoms with Crippen molar-refractivity contribution in [2.45, 2.75) is 13.0 Å². The highest BCUT2D eigenvalue weighted by Crippen LogP contribution is 2.23. The van der Waals surface area contributed by atoms with Crippen molar-refractivity contribution >= 4 is 11.6 Å². The SMILES string of the molecule is NCCCn1nnnc1-c1ccc(Cl)cc1F. The van der Waals surface area contributed by atoms with Gasteiger partial charge < -0.3 is 5.73 Å². The molecule has 7 heteroatoms. The Morgan fingerprint density at radius 2 is 2.24 bits per heavy atom. The monoisotopic (exact) mass is 255 g/mol. The van der Waals surface area contributed by atoms with E-state index in [0.29, 0.717) is 29.5 Å². The third-order valence-corrected chi connectivity index (χ3v) is 2.51. The van der Waals surface area contributed by atoms with Crippen molar-refractivity contribution in [3.8, 4) is 11.4 Å². The van der Waals surface area contributed by atoms with Crippen LogP contribution in [0.15, 0.2) is 18.2 Å². The molecule has 0 fully saturated rings. The van der Waals surface area contributed by atoms with Crippen molar-refractivity contribution in [3.63, 3.8) is 0 Å². The number of nitrogens with two attached hydrogens (primary N) is 1. The molecular weight excluding hydrogens is 245 g/mol. The average molecular weight is 256 g/mol. The summed E-state index contributed by atoms with van der Waals surface area (Å²) in [4.78, 5) is 0. The fraction of sp³-hybridized carbons (Fsp3) is 0.300. The number of nitrogens with zero attached hydrogens (tertiary/aromatic N) is 4. The fourth-order valence-corrected chi connectivity index (χ4v) is 1.62. The van der Waals surface area contributed by atoms with Crippen LogP contribution in [0.25, 0.3) is 11.4 Å². The predicted molar refractivity (Wildman–Crippen MR) is 61.9 cm³/mol. The molecule has 5 nitrogen and oxygen atoms in total. The van der Waals surface area contributed by atoms with E-state index in [1.807, 2.05) is 0 Å². The highest BCUT2D eigenvalue weighted by Gasteiger charge is 2.13. The van der Waals surface area contributed by atoms with Crippen LogP contribution in [0.1, 0.15) is 6.42 Å². The maximum Gasteiger partial charge on any atom is 0.184 e. The van der Waals surface area contributed by atoms with Crippen molar-refractivity contribution in [2.75, 3.05) is 6.54 Å². The molecule has 2 N–H and O–H groups in total. The molecule has 1 heterocycles. The third kappa shape index (κ3) is 2.59. The van der Waals surface area contributed by atoms with Gasteiger partial charge in [-0.15, -0.1) is 5.10 Å². The first-order valence-electron chi connectivity index (χ1n) is 5.14. The fourth-order valence-electron chi connectivity index (χ4n) is 1.46. The lowest BCUT2D eigenvalue weighted by Gasteiger charge is -2.04. The number of aryl methyl sites for hydroxylation is 1. The van der Waals surface area contributed by atoms with Gasteiger partial charge in [-0.1, -0.05) is 11.6 Å². The second kappa shape index (κ2) is 5.20. The van der Waals surface area contributed by atoms with E-state index in [2.05, 4.69) is 15.5 Å². The van der Waals surface area contributed by atoms with E-state index in [4.69, 9.17) is 17.3 Å². The lowest BCUT2D eigenvalue weighted by atomic mass is 10.2. The highest BCUT2D eigenvalue weighted by atomic mass is 35.5. The quantitative estimate of drug-likeness (QED) is 0.898. The Bertz CT molecular complexity index is 513. The van der Waals surface area contributed by atoms with Crippen molar-refractivity contribution in [3.05, 3.63) is 29.0 Å². The summed E-state index contributed by atoms with van der Waals surface area (Å²) < 4.78 is 15.2. The molecule has 0 amide bonds. The molecule has 1 aromatic carbocycles. The van der Waals surface area contributed by atoms with Gasteiger partial charge in [-0.3, -0.25) is 0 Å². The lowest BCUT2D eigenvalue weighted by molar-refractivity contribution is 0.565. The van der Waals surface area contributed by atoms with Gasteiger partial charge in [-0.25, -0.2) is 9.07 Å². The van der Waals surface area contributed by atoms with E-state index in [1.54, 1.807) is 12.1 Å². The van der Waals surface area contributed by atoms with E-state index in [9.17, 15) is 4.39 Å². The molecule has 0 unspecified atom stereocenters. The summed E-state index contributed by atoms with van der Waals surface area (Å²) in [5.41, 5.74) is 5.74. The molecule has 1 aromatic heterocycles. The maximum atomic E-state index is 13.7. The second-order valence-corrected chi connectivity index (χ2v) is 3.93. The molecule has 2 rings (SSSR count). The van der Waals surface area contributed by atoms with Gasteiger partial charge in [0.1, 0.15) is 5.82 Å². The van der Waals surface area contributed by atoms with Crippen LogP contribution in [0, 0.1) is 5.82 Å². The topological polar surface area (TPSA) is 69.6 Å². The Kier molecular flexibility index (Phi) is 3.65. The molecule has 0 radical (unpaired) electrons. The predicted octanol–water partition coefficient (Wildman–Crippen LogP) is 1.48. The van der Waals surface area contributed by atoms with Gasteiger partial charge in [0.25, 0.3) is 0 Å². The molecule has 90 valence electrons. The van der Waals surface area contributed by atoms with Gasteiger partial charge >= 0.3 is 0 Å². The van der Waals surface area contributed by atoms with E-state index >= 15 is 0 Å². The molecule has 0 spiro atoms. The normalized spacial score (nSPS) is 10.8. The molecule has 17 heavy (non-hydrogen) atoms. The second-order valence-electron chi connectivity index (χ2n) is 3.49. The lowest BCUT2D eigenvalue weighted by Crippen LogP contribution is -2.08. The van der Waals surface area contributed by atoms with Crippen molar-refractivity contribution in [1.29, 1.82) is 0 Å². The Balaban J connectivity index is 2.35. The summed E-state index contributed by atoms with van der Waals surface area (Å²) in [6, 6.07) is 4.39. The van der Waals surface area contributed by atoms with Crippen LogP contribution in [-0.2, 0) is 6.54 Å². The zero-order valence-corrected chi connectivity index (χ0v) is 9.73. The molecular formula is C10H11ClFN5. The van der Waals surface area contributed by atoms with Gasteiger partial charge in [0.05, 0.1) is 5.56 Å². The van der Waals surface area contributed by atoms with E-state index in [0.717, 1.165) is 6.42 Å². The summed E-state index contributed by atoms with van der Waals surface area (Å²) in [6.45, 7) is 1.09. The van der Waals surface area contributed by atoms with Gasteiger partial charge in [-0.05, 0) is 41.6 Å². The summed E-state index contributed by atoms with van der Waals surface area (Å²) >= 11 is 5.69. The average Bonchev–Trinajstić information content (AvgIpc) is 2.74. The van der Waals surface area contributed by atoms with Gasteiger partial charge in [0, 0.05) is 11.6 Å². The Labute approximate surface area is 102 Å². The number of benzene rings is 1. The van der Waals surface area contributed by atoms with E-state index in [1.165, 1.54) is 10.7 Å². The molecule has 0 saturated carbocycles. The first-order valence-corrected chi connectivity index (χ1v) is 5.52. The molecule has 0 aliphatic carbocycles. The summed E-state index contributed by atoms with van der Waals surface area (Å²) in [7, 11) is 0. The molecule has 0 aliphatic heterocycles. The Hall–Kier alpha value is -1.53. The van der Waals surface area contributed by atoms with Gasteiger partial charge in [-0.2, -0.15) is 0 Å². The van der Waals surface area contributed by atoms with Crippen LogP contribution in [0.5, 0.6) is 0 Å². The zero-order chi connectivity index (χ0) is 12.3. The molecule has 0 bridgehead atoms. The van der Waals surface area contributed by atoms with E-state index in [-0.39, 0.29) is 0 Å². The Morgan fingerprint density at radius 3 is 2.94 bits per heavy atom. The van der Waals surface area contributed by atoms with Gasteiger partial charge in [0.2, 0.25) is 0 Å². The van der Waals surface area contributed by atoms with Crippen LogP contribution in [0.3, 0.4) is 0 Å². The minimum absolute atomic E-state index is 0.330. The molecule has 0 aliphatic rings. The van der Waals surface area contributed by atoms with Crippen LogP contribution in [-0.4, -0.2) is 26.8 Å². The Morgan fingerprint density at radius 1 is 1.41 bits per heavy atom. The van der Waals surface area contributed by atoms with Crippen LogP contribution < -0.4 is 5.73 Å². The maximum absolute atomic E-state index is 13.7. The number of hydrogen-bond donors (Lipinski definition) is 1. The van der Waals surface area contributed by atoms with Crippen molar-refractivity contribution in [1.82, 2.24) is 20.2 Å². The molecule has 0 atom stereocenters. The zero-order valence-electron chi connectivity index (χ0n) is 8.98. The number of hydrogen-bond acceptors (Lipinski definition) is 4. The smallest absolute Gasteiger partial charge is 0.184 e. The number of tetrazole rings is 1. The number of halogens is 2. The van der Waals surface area contributed by atoms with Crippen LogP contribution in [0.4, 0.5) is 4.39 Å². The highest BCUT2D eigenvalue weighted by molar-refractivity contribution is 6.30. The van der Waals surface area contributed by atoms with Gasteiger partial charge in [0.15, 0.2) is 5.82 Å². The number of rotatable bonds is 4. The van der Waals surface area contributed by atoms with Crippen molar-refractivity contribution in [2.24, 2.45) is 5.73 Å². The summed E-state index contributed by atoms with van der Waals surface area (Å²) in [5.74, 6) is -0.0612.